The van der Waals surface area contributed by atoms with E-state index < -0.39 is 10.0 Å². The van der Waals surface area contributed by atoms with Crippen LogP contribution in [0.2, 0.25) is 0 Å². The molecule has 0 bridgehead atoms. The van der Waals surface area contributed by atoms with Gasteiger partial charge in [0.1, 0.15) is 0 Å². The molecule has 0 N–H and O–H groups in total. The molecule has 2 aliphatic heterocycles. The van der Waals surface area contributed by atoms with Crippen LogP contribution < -0.4 is 4.90 Å². The number of anilines is 1. The number of rotatable bonds is 3. The fourth-order valence-electron chi connectivity index (χ4n) is 2.89. The largest absolute Gasteiger partial charge is 0.274 e. The standard InChI is InChI=1S/C15H18N2O4S/c1-11-8-9-16(10-11)22(20,21)13-4-2-12(3-5-13)17-14(18)6-7-15(17)19/h2-5,11H,6-10H2,1H3. The lowest BCUT2D eigenvalue weighted by Gasteiger charge is -2.18. The molecule has 0 aliphatic carbocycles. The summed E-state index contributed by atoms with van der Waals surface area (Å²) >= 11 is 0. The number of nitrogens with zero attached hydrogens (tertiary/aromatic N) is 2. The van der Waals surface area contributed by atoms with E-state index in [1.807, 2.05) is 6.92 Å². The third kappa shape index (κ3) is 2.55. The Balaban J connectivity index is 1.85. The molecular formula is C15H18N2O4S. The minimum absolute atomic E-state index is 0.199. The summed E-state index contributed by atoms with van der Waals surface area (Å²) in [5.74, 6) is -0.114. The second-order valence-corrected chi connectivity index (χ2v) is 7.81. The average molecular weight is 322 g/mol. The molecule has 118 valence electrons. The van der Waals surface area contributed by atoms with E-state index in [4.69, 9.17) is 0 Å². The highest BCUT2D eigenvalue weighted by molar-refractivity contribution is 7.89. The van der Waals surface area contributed by atoms with E-state index in [-0.39, 0.29) is 29.6 Å². The Bertz CT molecular complexity index is 696. The Kier molecular flexibility index (Phi) is 3.78. The van der Waals surface area contributed by atoms with Gasteiger partial charge in [-0.25, -0.2) is 8.42 Å². The number of carbonyl (C=O) groups is 2. The van der Waals surface area contributed by atoms with Crippen molar-refractivity contribution in [3.8, 4) is 0 Å². The molecule has 6 nitrogen and oxygen atoms in total. The molecule has 2 aliphatic rings. The van der Waals surface area contributed by atoms with Crippen molar-refractivity contribution in [2.24, 2.45) is 5.92 Å². The number of sulfonamides is 1. The quantitative estimate of drug-likeness (QED) is 0.788. The molecule has 1 unspecified atom stereocenters. The van der Waals surface area contributed by atoms with E-state index in [1.54, 1.807) is 0 Å². The van der Waals surface area contributed by atoms with Crippen LogP contribution in [0.5, 0.6) is 0 Å². The number of imide groups is 1. The Morgan fingerprint density at radius 1 is 1.05 bits per heavy atom. The van der Waals surface area contributed by atoms with Crippen LogP contribution in [0.1, 0.15) is 26.2 Å². The van der Waals surface area contributed by atoms with Gasteiger partial charge in [0.2, 0.25) is 21.8 Å². The Labute approximate surface area is 129 Å². The third-order valence-electron chi connectivity index (χ3n) is 4.17. The zero-order valence-corrected chi connectivity index (χ0v) is 13.2. The first-order valence-corrected chi connectivity index (χ1v) is 8.79. The molecular weight excluding hydrogens is 304 g/mol. The van der Waals surface area contributed by atoms with Crippen molar-refractivity contribution in [2.75, 3.05) is 18.0 Å². The van der Waals surface area contributed by atoms with Crippen LogP contribution in [-0.2, 0) is 19.6 Å². The lowest BCUT2D eigenvalue weighted by Crippen LogP contribution is -2.30. The maximum atomic E-state index is 12.5. The first-order chi connectivity index (χ1) is 10.4. The minimum atomic E-state index is -3.49. The fourth-order valence-corrected chi connectivity index (χ4v) is 4.47. The molecule has 3 rings (SSSR count). The van der Waals surface area contributed by atoms with Crippen LogP contribution in [0.15, 0.2) is 29.2 Å². The van der Waals surface area contributed by atoms with Crippen LogP contribution >= 0.6 is 0 Å². The molecule has 0 aromatic heterocycles. The molecule has 1 aromatic carbocycles. The van der Waals surface area contributed by atoms with Crippen LogP contribution in [0, 0.1) is 5.92 Å². The van der Waals surface area contributed by atoms with Gasteiger partial charge in [-0.1, -0.05) is 6.92 Å². The van der Waals surface area contributed by atoms with Crippen molar-refractivity contribution in [3.05, 3.63) is 24.3 Å². The predicted octanol–water partition coefficient (Wildman–Crippen LogP) is 1.37. The Morgan fingerprint density at radius 2 is 1.64 bits per heavy atom. The molecule has 22 heavy (non-hydrogen) atoms. The number of benzene rings is 1. The number of amides is 2. The molecule has 0 radical (unpaired) electrons. The first kappa shape index (κ1) is 15.2. The lowest BCUT2D eigenvalue weighted by molar-refractivity contribution is -0.121. The maximum Gasteiger partial charge on any atom is 0.243 e. The van der Waals surface area contributed by atoms with Crippen molar-refractivity contribution < 1.29 is 18.0 Å². The minimum Gasteiger partial charge on any atom is -0.274 e. The molecule has 2 fully saturated rings. The fraction of sp³-hybridized carbons (Fsp3) is 0.467. The van der Waals surface area contributed by atoms with E-state index in [2.05, 4.69) is 0 Å². The Hall–Kier alpha value is -1.73. The summed E-state index contributed by atoms with van der Waals surface area (Å²) in [5, 5.41) is 0. The van der Waals surface area contributed by atoms with Crippen LogP contribution in [0.3, 0.4) is 0 Å². The first-order valence-electron chi connectivity index (χ1n) is 7.35. The van der Waals surface area contributed by atoms with E-state index in [0.717, 1.165) is 11.3 Å². The number of carbonyl (C=O) groups excluding carboxylic acids is 2. The summed E-state index contributed by atoms with van der Waals surface area (Å²) in [7, 11) is -3.49. The van der Waals surface area contributed by atoms with Gasteiger partial charge in [-0.05, 0) is 36.6 Å². The van der Waals surface area contributed by atoms with Crippen molar-refractivity contribution in [2.45, 2.75) is 31.1 Å². The molecule has 1 atom stereocenters. The van der Waals surface area contributed by atoms with Crippen LogP contribution in [0.25, 0.3) is 0 Å². The molecule has 1 aromatic rings. The van der Waals surface area contributed by atoms with Crippen molar-refractivity contribution in [1.82, 2.24) is 4.31 Å². The van der Waals surface area contributed by atoms with Crippen molar-refractivity contribution in [3.63, 3.8) is 0 Å². The van der Waals surface area contributed by atoms with Gasteiger partial charge >= 0.3 is 0 Å². The summed E-state index contributed by atoms with van der Waals surface area (Å²) in [4.78, 5) is 24.7. The number of hydrogen-bond donors (Lipinski definition) is 0. The topological polar surface area (TPSA) is 74.8 Å². The molecule has 7 heteroatoms. The normalized spacial score (nSPS) is 23.5. The smallest absolute Gasteiger partial charge is 0.243 e. The monoisotopic (exact) mass is 322 g/mol. The van der Waals surface area contributed by atoms with Crippen LogP contribution in [-0.4, -0.2) is 37.6 Å². The molecule has 2 saturated heterocycles. The predicted molar refractivity (Wildman–Crippen MR) is 80.7 cm³/mol. The zero-order chi connectivity index (χ0) is 15.9. The summed E-state index contributed by atoms with van der Waals surface area (Å²) in [6, 6.07) is 5.97. The van der Waals surface area contributed by atoms with Gasteiger partial charge in [0.15, 0.2) is 0 Å². The highest BCUT2D eigenvalue weighted by Crippen LogP contribution is 2.27. The van der Waals surface area contributed by atoms with Crippen molar-refractivity contribution >= 4 is 27.5 Å². The molecule has 2 heterocycles. The van der Waals surface area contributed by atoms with Gasteiger partial charge in [-0.3, -0.25) is 14.5 Å². The SMILES string of the molecule is CC1CCN(S(=O)(=O)c2ccc(N3C(=O)CCC3=O)cc2)C1. The van der Waals surface area contributed by atoms with Crippen molar-refractivity contribution in [1.29, 1.82) is 0 Å². The zero-order valence-electron chi connectivity index (χ0n) is 12.4. The van der Waals surface area contributed by atoms with Crippen LogP contribution in [0.4, 0.5) is 5.69 Å². The maximum absolute atomic E-state index is 12.5. The highest BCUT2D eigenvalue weighted by Gasteiger charge is 2.32. The van der Waals surface area contributed by atoms with Gasteiger partial charge < -0.3 is 0 Å². The highest BCUT2D eigenvalue weighted by atomic mass is 32.2. The van der Waals surface area contributed by atoms with E-state index in [9.17, 15) is 18.0 Å². The second-order valence-electron chi connectivity index (χ2n) is 5.87. The van der Waals surface area contributed by atoms with E-state index >= 15 is 0 Å². The van der Waals surface area contributed by atoms with Gasteiger partial charge in [0, 0.05) is 25.9 Å². The Morgan fingerprint density at radius 3 is 2.14 bits per heavy atom. The van der Waals surface area contributed by atoms with E-state index in [1.165, 1.54) is 28.6 Å². The summed E-state index contributed by atoms with van der Waals surface area (Å²) in [6.07, 6.45) is 1.29. The third-order valence-corrected chi connectivity index (χ3v) is 6.05. The van der Waals surface area contributed by atoms with Gasteiger partial charge in [0.25, 0.3) is 0 Å². The summed E-state index contributed by atoms with van der Waals surface area (Å²) in [6.45, 7) is 3.10. The number of hydrogen-bond acceptors (Lipinski definition) is 4. The molecule has 0 saturated carbocycles. The lowest BCUT2D eigenvalue weighted by atomic mass is 10.2. The summed E-state index contributed by atoms with van der Waals surface area (Å²) in [5.41, 5.74) is 0.432. The van der Waals surface area contributed by atoms with E-state index in [0.29, 0.717) is 24.7 Å². The average Bonchev–Trinajstić information content (AvgIpc) is 3.06. The molecule has 0 spiro atoms. The second kappa shape index (κ2) is 5.48. The summed E-state index contributed by atoms with van der Waals surface area (Å²) < 4.78 is 26.5. The van der Waals surface area contributed by atoms with Gasteiger partial charge in [0.05, 0.1) is 10.6 Å². The van der Waals surface area contributed by atoms with Gasteiger partial charge in [-0.2, -0.15) is 4.31 Å². The van der Waals surface area contributed by atoms with Gasteiger partial charge in [-0.15, -0.1) is 0 Å². The molecule has 2 amide bonds.